The van der Waals surface area contributed by atoms with Gasteiger partial charge in [-0.25, -0.2) is 0 Å². The lowest BCUT2D eigenvalue weighted by Crippen LogP contribution is -2.20. The van der Waals surface area contributed by atoms with Crippen molar-refractivity contribution in [3.05, 3.63) is 119 Å². The van der Waals surface area contributed by atoms with Gasteiger partial charge in [-0.05, 0) is 54.9 Å². The summed E-state index contributed by atoms with van der Waals surface area (Å²) in [5, 5.41) is 4.91. The van der Waals surface area contributed by atoms with E-state index in [1.165, 1.54) is 15.9 Å². The van der Waals surface area contributed by atoms with Crippen LogP contribution in [0.1, 0.15) is 16.7 Å². The lowest BCUT2D eigenvalue weighted by Gasteiger charge is -2.18. The van der Waals surface area contributed by atoms with Crippen LogP contribution in [0.25, 0.3) is 0 Å². The molecule has 0 heterocycles. The van der Waals surface area contributed by atoms with Crippen LogP contribution in [0.5, 0.6) is 5.75 Å². The Morgan fingerprint density at radius 3 is 1.47 bits per heavy atom. The number of rotatable bonds is 5. The van der Waals surface area contributed by atoms with E-state index in [4.69, 9.17) is 27.9 Å². The van der Waals surface area contributed by atoms with E-state index in [0.717, 1.165) is 22.4 Å². The predicted octanol–water partition coefficient (Wildman–Crippen LogP) is 7.15. The van der Waals surface area contributed by atoms with Crippen molar-refractivity contribution in [2.75, 3.05) is 7.11 Å². The maximum Gasteiger partial charge on any atom is 0.123 e. The van der Waals surface area contributed by atoms with Gasteiger partial charge in [0, 0.05) is 11.4 Å². The van der Waals surface area contributed by atoms with Gasteiger partial charge in [0.2, 0.25) is 0 Å². The lowest BCUT2D eigenvalue weighted by atomic mass is 10.1. The highest BCUT2D eigenvalue weighted by molar-refractivity contribution is 7.79. The van der Waals surface area contributed by atoms with Gasteiger partial charge in [-0.2, -0.15) is 0 Å². The summed E-state index contributed by atoms with van der Waals surface area (Å²) in [7, 11) is 1.19. The highest BCUT2D eigenvalue weighted by Gasteiger charge is 2.15. The van der Waals surface area contributed by atoms with Crippen molar-refractivity contribution in [3.8, 4) is 5.75 Å². The van der Waals surface area contributed by atoms with Gasteiger partial charge in [0.05, 0.1) is 12.1 Å². The third kappa shape index (κ3) is 5.93. The van der Waals surface area contributed by atoms with Gasteiger partial charge < -0.3 is 4.74 Å². The molecule has 4 aromatic carbocycles. The standard InChI is InChI=1S/C18H15P.C10H12Cl2O/c1-4-10-16(11-5-1)19(17-12-6-2-7-13-17)18-14-8-3-9-15-18;1-6-4-9(13-3)7(2)10(12)8(6)5-11/h1-15H;4H,5H2,1-3H3. The van der Waals surface area contributed by atoms with Crippen LogP contribution in [0, 0.1) is 13.8 Å². The zero-order valence-electron chi connectivity index (χ0n) is 18.6. The van der Waals surface area contributed by atoms with Crippen LogP contribution < -0.4 is 20.7 Å². The van der Waals surface area contributed by atoms with Gasteiger partial charge in [-0.1, -0.05) is 103 Å². The second kappa shape index (κ2) is 12.1. The molecule has 0 saturated carbocycles. The molecule has 0 atom stereocenters. The van der Waals surface area contributed by atoms with E-state index in [9.17, 15) is 0 Å². The van der Waals surface area contributed by atoms with Gasteiger partial charge in [-0.3, -0.25) is 0 Å². The Balaban J connectivity index is 0.000000195. The molecule has 0 radical (unpaired) electrons. The number of aryl methyl sites for hydroxylation is 1. The maximum absolute atomic E-state index is 6.12. The highest BCUT2D eigenvalue weighted by atomic mass is 35.5. The second-order valence-corrected chi connectivity index (χ2v) is 10.2. The monoisotopic (exact) mass is 480 g/mol. The fraction of sp³-hybridized carbons (Fsp3) is 0.143. The summed E-state index contributed by atoms with van der Waals surface area (Å²) in [4.78, 5) is 0. The van der Waals surface area contributed by atoms with Crippen molar-refractivity contribution in [2.45, 2.75) is 19.7 Å². The first-order chi connectivity index (χ1) is 15.6. The molecule has 0 aliphatic heterocycles. The number of benzene rings is 4. The Labute approximate surface area is 202 Å². The summed E-state index contributed by atoms with van der Waals surface area (Å²) < 4.78 is 5.18. The van der Waals surface area contributed by atoms with Gasteiger partial charge >= 0.3 is 0 Å². The Hall–Kier alpha value is -2.31. The SMILES string of the molecule is COc1cc(C)c(CCl)c(Cl)c1C.c1ccc(P(c2ccccc2)c2ccccc2)cc1. The maximum atomic E-state index is 6.12. The molecule has 1 nitrogen and oxygen atoms in total. The smallest absolute Gasteiger partial charge is 0.123 e. The van der Waals surface area contributed by atoms with Gasteiger partial charge in [0.15, 0.2) is 0 Å². The van der Waals surface area contributed by atoms with Crippen molar-refractivity contribution >= 4 is 47.0 Å². The third-order valence-corrected chi connectivity index (χ3v) is 8.41. The summed E-state index contributed by atoms with van der Waals surface area (Å²) in [5.41, 5.74) is 3.01. The molecule has 0 bridgehead atoms. The molecule has 0 N–H and O–H groups in total. The number of hydrogen-bond acceptors (Lipinski definition) is 1. The van der Waals surface area contributed by atoms with Crippen LogP contribution in [0.15, 0.2) is 97.1 Å². The van der Waals surface area contributed by atoms with Crippen molar-refractivity contribution in [3.63, 3.8) is 0 Å². The number of methoxy groups -OCH3 is 1. The molecule has 4 heteroatoms. The minimum Gasteiger partial charge on any atom is -0.496 e. The van der Waals surface area contributed by atoms with Crippen molar-refractivity contribution < 1.29 is 4.74 Å². The summed E-state index contributed by atoms with van der Waals surface area (Å²) >= 11 is 11.9. The minimum atomic E-state index is -0.446. The van der Waals surface area contributed by atoms with Gasteiger partial charge in [0.25, 0.3) is 0 Å². The second-order valence-electron chi connectivity index (χ2n) is 7.29. The first kappa shape index (κ1) is 24.3. The van der Waals surface area contributed by atoms with E-state index in [1.54, 1.807) is 7.11 Å². The predicted molar refractivity (Wildman–Crippen MR) is 142 cm³/mol. The molecule has 4 aromatic rings. The Morgan fingerprint density at radius 2 is 1.12 bits per heavy atom. The molecule has 0 aliphatic carbocycles. The van der Waals surface area contributed by atoms with Crippen LogP contribution in [0.4, 0.5) is 0 Å². The van der Waals surface area contributed by atoms with E-state index >= 15 is 0 Å². The minimum absolute atomic E-state index is 0.440. The highest BCUT2D eigenvalue weighted by Crippen LogP contribution is 2.33. The van der Waals surface area contributed by atoms with Crippen LogP contribution >= 0.6 is 31.1 Å². The Kier molecular flexibility index (Phi) is 9.18. The zero-order chi connectivity index (χ0) is 22.9. The van der Waals surface area contributed by atoms with E-state index < -0.39 is 7.92 Å². The first-order valence-electron chi connectivity index (χ1n) is 10.4. The molecular weight excluding hydrogens is 454 g/mol. The molecule has 0 fully saturated rings. The molecule has 0 unspecified atom stereocenters. The normalized spacial score (nSPS) is 10.4. The Bertz CT molecular complexity index is 1020. The zero-order valence-corrected chi connectivity index (χ0v) is 21.0. The van der Waals surface area contributed by atoms with Crippen LogP contribution in [-0.4, -0.2) is 7.11 Å². The van der Waals surface area contributed by atoms with E-state index in [-0.39, 0.29) is 0 Å². The third-order valence-electron chi connectivity index (χ3n) is 5.18. The average Bonchev–Trinajstić information content (AvgIpc) is 2.84. The van der Waals surface area contributed by atoms with Gasteiger partial charge in [-0.15, -0.1) is 11.6 Å². The number of hydrogen-bond donors (Lipinski definition) is 0. The van der Waals surface area contributed by atoms with Crippen molar-refractivity contribution in [2.24, 2.45) is 0 Å². The van der Waals surface area contributed by atoms with Crippen molar-refractivity contribution in [1.29, 1.82) is 0 Å². The number of ether oxygens (including phenoxy) is 1. The number of halogens is 2. The molecule has 0 amide bonds. The fourth-order valence-electron chi connectivity index (χ4n) is 3.45. The molecule has 0 saturated heterocycles. The van der Waals surface area contributed by atoms with Crippen molar-refractivity contribution in [1.82, 2.24) is 0 Å². The Morgan fingerprint density at radius 1 is 0.719 bits per heavy atom. The van der Waals surface area contributed by atoms with Crippen LogP contribution in [0.3, 0.4) is 0 Å². The molecule has 0 aromatic heterocycles. The van der Waals surface area contributed by atoms with E-state index in [2.05, 4.69) is 91.0 Å². The first-order valence-corrected chi connectivity index (χ1v) is 12.7. The van der Waals surface area contributed by atoms with Crippen LogP contribution in [0.2, 0.25) is 5.02 Å². The summed E-state index contributed by atoms with van der Waals surface area (Å²) in [6.45, 7) is 3.90. The number of alkyl halides is 1. The fourth-order valence-corrected chi connectivity index (χ4v) is 6.48. The average molecular weight is 481 g/mol. The summed E-state index contributed by atoms with van der Waals surface area (Å²) in [6, 6.07) is 34.3. The van der Waals surface area contributed by atoms with Crippen LogP contribution in [-0.2, 0) is 5.88 Å². The lowest BCUT2D eigenvalue weighted by molar-refractivity contribution is 0.411. The molecule has 4 rings (SSSR count). The summed E-state index contributed by atoms with van der Waals surface area (Å²) in [5.74, 6) is 1.26. The molecule has 0 aliphatic rings. The molecule has 0 spiro atoms. The topological polar surface area (TPSA) is 9.23 Å². The molecular formula is C28H27Cl2OP. The largest absolute Gasteiger partial charge is 0.496 e. The van der Waals surface area contributed by atoms with Gasteiger partial charge in [0.1, 0.15) is 5.75 Å². The molecule has 164 valence electrons. The molecule has 32 heavy (non-hydrogen) atoms. The van der Waals surface area contributed by atoms with E-state index in [1.807, 2.05) is 19.9 Å². The van der Waals surface area contributed by atoms with E-state index in [0.29, 0.717) is 10.9 Å². The summed E-state index contributed by atoms with van der Waals surface area (Å²) in [6.07, 6.45) is 0. The quantitative estimate of drug-likeness (QED) is 0.217.